The number of carbonyl (C=O) groups excluding carboxylic acids is 1. The molecule has 124 valence electrons. The van der Waals surface area contributed by atoms with Crippen LogP contribution in [0.2, 0.25) is 0 Å². The van der Waals surface area contributed by atoms with Gasteiger partial charge in [-0.2, -0.15) is 0 Å². The number of amides is 1. The lowest BCUT2D eigenvalue weighted by Gasteiger charge is -2.25. The van der Waals surface area contributed by atoms with Crippen LogP contribution in [-0.2, 0) is 11.2 Å². The first-order valence-electron chi connectivity index (χ1n) is 8.23. The van der Waals surface area contributed by atoms with Crippen molar-refractivity contribution in [3.8, 4) is 5.75 Å². The van der Waals surface area contributed by atoms with Crippen molar-refractivity contribution in [2.45, 2.75) is 6.42 Å². The molecule has 4 heteroatoms. The summed E-state index contributed by atoms with van der Waals surface area (Å²) in [5, 5.41) is 0. The predicted octanol–water partition coefficient (Wildman–Crippen LogP) is 2.49. The molecule has 0 saturated heterocycles. The van der Waals surface area contributed by atoms with Crippen LogP contribution < -0.4 is 10.5 Å². The van der Waals surface area contributed by atoms with Crippen molar-refractivity contribution < 1.29 is 9.53 Å². The lowest BCUT2D eigenvalue weighted by atomic mass is 10.1. The van der Waals surface area contributed by atoms with Crippen molar-refractivity contribution in [3.63, 3.8) is 0 Å². The first-order valence-corrected chi connectivity index (χ1v) is 8.23. The van der Waals surface area contributed by atoms with Gasteiger partial charge in [0.2, 0.25) is 0 Å². The van der Waals surface area contributed by atoms with Crippen molar-refractivity contribution in [2.75, 3.05) is 26.2 Å². The number of hydrogen-bond donors (Lipinski definition) is 1. The average Bonchev–Trinajstić information content (AvgIpc) is 2.65. The SMILES string of the molecule is NCCN(CCc1ccccc1)C(=O)C1=Cc2ccccc2OC1. The fourth-order valence-electron chi connectivity index (χ4n) is 2.82. The number of benzene rings is 2. The maximum Gasteiger partial charge on any atom is 0.253 e. The van der Waals surface area contributed by atoms with Crippen LogP contribution in [0.4, 0.5) is 0 Å². The van der Waals surface area contributed by atoms with Gasteiger partial charge in [0.25, 0.3) is 5.91 Å². The van der Waals surface area contributed by atoms with E-state index >= 15 is 0 Å². The molecule has 0 aromatic heterocycles. The highest BCUT2D eigenvalue weighted by Gasteiger charge is 2.21. The molecular formula is C20H22N2O2. The fourth-order valence-corrected chi connectivity index (χ4v) is 2.82. The number of nitrogens with zero attached hydrogens (tertiary/aromatic N) is 1. The highest BCUT2D eigenvalue weighted by Crippen LogP contribution is 2.26. The Morgan fingerprint density at radius 3 is 2.58 bits per heavy atom. The zero-order chi connectivity index (χ0) is 16.8. The Labute approximate surface area is 142 Å². The summed E-state index contributed by atoms with van der Waals surface area (Å²) in [4.78, 5) is 14.7. The van der Waals surface area contributed by atoms with Crippen LogP contribution >= 0.6 is 0 Å². The molecule has 1 aliphatic heterocycles. The Bertz CT molecular complexity index is 725. The Kier molecular flexibility index (Phi) is 5.29. The third-order valence-electron chi connectivity index (χ3n) is 4.11. The van der Waals surface area contributed by atoms with E-state index in [1.165, 1.54) is 5.56 Å². The van der Waals surface area contributed by atoms with Gasteiger partial charge in [-0.3, -0.25) is 4.79 Å². The Hall–Kier alpha value is -2.59. The molecule has 1 amide bonds. The summed E-state index contributed by atoms with van der Waals surface area (Å²) in [7, 11) is 0. The number of carbonyl (C=O) groups is 1. The van der Waals surface area contributed by atoms with Gasteiger partial charge in [-0.05, 0) is 24.1 Å². The van der Waals surface area contributed by atoms with E-state index in [2.05, 4.69) is 12.1 Å². The minimum Gasteiger partial charge on any atom is -0.488 e. The summed E-state index contributed by atoms with van der Waals surface area (Å²) in [6.07, 6.45) is 2.74. The van der Waals surface area contributed by atoms with Crippen LogP contribution in [0.15, 0.2) is 60.2 Å². The van der Waals surface area contributed by atoms with Crippen LogP contribution in [0, 0.1) is 0 Å². The van der Waals surface area contributed by atoms with E-state index in [1.807, 2.05) is 53.4 Å². The van der Waals surface area contributed by atoms with E-state index in [-0.39, 0.29) is 5.91 Å². The second-order valence-electron chi connectivity index (χ2n) is 5.81. The summed E-state index contributed by atoms with van der Waals surface area (Å²) in [5.74, 6) is 0.828. The molecule has 2 N–H and O–H groups in total. The molecule has 3 rings (SSSR count). The van der Waals surface area contributed by atoms with Gasteiger partial charge in [0, 0.05) is 25.2 Å². The van der Waals surface area contributed by atoms with Gasteiger partial charge in [-0.25, -0.2) is 0 Å². The molecule has 24 heavy (non-hydrogen) atoms. The molecule has 2 aromatic rings. The fraction of sp³-hybridized carbons (Fsp3) is 0.250. The number of fused-ring (bicyclic) bond motifs is 1. The summed E-state index contributed by atoms with van der Waals surface area (Å²) in [6.45, 7) is 1.96. The zero-order valence-electron chi connectivity index (χ0n) is 13.7. The van der Waals surface area contributed by atoms with Crippen molar-refractivity contribution in [2.24, 2.45) is 5.73 Å². The average molecular weight is 322 g/mol. The van der Waals surface area contributed by atoms with Crippen molar-refractivity contribution in [1.29, 1.82) is 0 Å². The molecule has 1 aliphatic rings. The lowest BCUT2D eigenvalue weighted by molar-refractivity contribution is -0.127. The minimum absolute atomic E-state index is 0.00545. The normalized spacial score (nSPS) is 12.8. The third-order valence-corrected chi connectivity index (χ3v) is 4.11. The number of ether oxygens (including phenoxy) is 1. The molecule has 4 nitrogen and oxygen atoms in total. The first-order chi connectivity index (χ1) is 11.8. The molecule has 1 heterocycles. The zero-order valence-corrected chi connectivity index (χ0v) is 13.7. The maximum atomic E-state index is 12.8. The van der Waals surface area contributed by atoms with Gasteiger partial charge in [-0.1, -0.05) is 48.5 Å². The van der Waals surface area contributed by atoms with Crippen LogP contribution in [-0.4, -0.2) is 37.0 Å². The van der Waals surface area contributed by atoms with Crippen LogP contribution in [0.3, 0.4) is 0 Å². The summed E-state index contributed by atoms with van der Waals surface area (Å²) < 4.78 is 5.70. The number of hydrogen-bond acceptors (Lipinski definition) is 3. The van der Waals surface area contributed by atoms with E-state index in [9.17, 15) is 4.79 Å². The first kappa shape index (κ1) is 16.3. The minimum atomic E-state index is 0.00545. The van der Waals surface area contributed by atoms with Crippen LogP contribution in [0.5, 0.6) is 5.75 Å². The highest BCUT2D eigenvalue weighted by atomic mass is 16.5. The van der Waals surface area contributed by atoms with Gasteiger partial charge in [-0.15, -0.1) is 0 Å². The molecule has 0 atom stereocenters. The standard InChI is InChI=1S/C20H22N2O2/c21-11-13-22(12-10-16-6-2-1-3-7-16)20(23)18-14-17-8-4-5-9-19(17)24-15-18/h1-9,14H,10-13,15,21H2. The summed E-state index contributed by atoms with van der Waals surface area (Å²) in [5.41, 5.74) is 8.54. The van der Waals surface area contributed by atoms with Crippen molar-refractivity contribution in [1.82, 2.24) is 4.90 Å². The predicted molar refractivity (Wildman–Crippen MR) is 95.7 cm³/mol. The monoisotopic (exact) mass is 322 g/mol. The molecular weight excluding hydrogens is 300 g/mol. The second-order valence-corrected chi connectivity index (χ2v) is 5.81. The van der Waals surface area contributed by atoms with Crippen LogP contribution in [0.25, 0.3) is 6.08 Å². The van der Waals surface area contributed by atoms with E-state index in [1.54, 1.807) is 0 Å². The van der Waals surface area contributed by atoms with Gasteiger partial charge in [0.05, 0.1) is 5.57 Å². The number of rotatable bonds is 6. The Morgan fingerprint density at radius 2 is 1.79 bits per heavy atom. The van der Waals surface area contributed by atoms with Gasteiger partial charge in [0.1, 0.15) is 12.4 Å². The second kappa shape index (κ2) is 7.79. The largest absolute Gasteiger partial charge is 0.488 e. The van der Waals surface area contributed by atoms with Crippen molar-refractivity contribution >= 4 is 12.0 Å². The third kappa shape index (κ3) is 3.84. The quantitative estimate of drug-likeness (QED) is 0.889. The van der Waals surface area contributed by atoms with Crippen LogP contribution in [0.1, 0.15) is 11.1 Å². The van der Waals surface area contributed by atoms with Gasteiger partial charge in [0.15, 0.2) is 0 Å². The maximum absolute atomic E-state index is 12.8. The summed E-state index contributed by atoms with van der Waals surface area (Å²) in [6, 6.07) is 17.9. The molecule has 0 spiro atoms. The smallest absolute Gasteiger partial charge is 0.253 e. The van der Waals surface area contributed by atoms with E-state index in [0.29, 0.717) is 31.8 Å². The molecule has 2 aromatic carbocycles. The Balaban J connectivity index is 1.71. The molecule has 0 saturated carbocycles. The number of para-hydroxylation sites is 1. The molecule has 0 bridgehead atoms. The van der Waals surface area contributed by atoms with E-state index in [0.717, 1.165) is 17.7 Å². The lowest BCUT2D eigenvalue weighted by Crippen LogP contribution is -2.39. The molecule has 0 aliphatic carbocycles. The van der Waals surface area contributed by atoms with E-state index < -0.39 is 0 Å². The summed E-state index contributed by atoms with van der Waals surface area (Å²) >= 11 is 0. The highest BCUT2D eigenvalue weighted by molar-refractivity contribution is 5.99. The Morgan fingerprint density at radius 1 is 1.04 bits per heavy atom. The van der Waals surface area contributed by atoms with Gasteiger partial charge < -0.3 is 15.4 Å². The molecule has 0 unspecified atom stereocenters. The molecule has 0 fully saturated rings. The molecule has 0 radical (unpaired) electrons. The van der Waals surface area contributed by atoms with E-state index in [4.69, 9.17) is 10.5 Å². The van der Waals surface area contributed by atoms with Gasteiger partial charge >= 0.3 is 0 Å². The van der Waals surface area contributed by atoms with Crippen molar-refractivity contribution in [3.05, 3.63) is 71.3 Å². The number of nitrogens with two attached hydrogens (primary N) is 1. The topological polar surface area (TPSA) is 55.6 Å².